The third-order valence-electron chi connectivity index (χ3n) is 6.27. The fraction of sp³-hybridized carbons (Fsp3) is 0.348. The lowest BCUT2D eigenvalue weighted by Gasteiger charge is -2.27. The van der Waals surface area contributed by atoms with Gasteiger partial charge in [-0.3, -0.25) is 9.79 Å². The molecule has 0 radical (unpaired) electrons. The predicted octanol–water partition coefficient (Wildman–Crippen LogP) is 2.48. The first kappa shape index (κ1) is 18.5. The maximum atomic E-state index is 12.1. The molecule has 5 rings (SSSR count). The van der Waals surface area contributed by atoms with E-state index in [1.807, 2.05) is 30.5 Å². The zero-order valence-corrected chi connectivity index (χ0v) is 16.5. The number of benzene rings is 1. The van der Waals surface area contributed by atoms with Crippen molar-refractivity contribution >= 4 is 23.6 Å². The Labute approximate surface area is 174 Å². The smallest absolute Gasteiger partial charge is 0.223 e. The monoisotopic (exact) mass is 398 g/mol. The number of carbonyl (C=O) groups excluding carboxylic acids is 1. The van der Waals surface area contributed by atoms with E-state index < -0.39 is 0 Å². The number of aromatic nitrogens is 2. The molecule has 2 bridgehead atoms. The first-order valence-electron chi connectivity index (χ1n) is 10.2. The van der Waals surface area contributed by atoms with Gasteiger partial charge in [-0.05, 0) is 29.4 Å². The number of primary amides is 1. The average Bonchev–Trinajstić information content (AvgIpc) is 3.45. The first-order valence-corrected chi connectivity index (χ1v) is 10.2. The second-order valence-electron chi connectivity index (χ2n) is 8.17. The van der Waals surface area contributed by atoms with Crippen LogP contribution in [0.3, 0.4) is 0 Å². The molecule has 7 heteroatoms. The van der Waals surface area contributed by atoms with Crippen LogP contribution in [0.25, 0.3) is 0 Å². The second kappa shape index (κ2) is 7.38. The lowest BCUT2D eigenvalue weighted by Crippen LogP contribution is -2.41. The number of amides is 1. The standard InChI is InChI=1S/C23H22N6O/c24-9-7-13-1-3-14(4-2-13)11-18-27-17-8-10-26-21(17)23(28-18)29-20-16-6-5-15(12-16)19(20)22(25)30/h1-6,10,15-16,19-20H,7-8,11-12H2,(H2,25,30)(H,27,28,29). The van der Waals surface area contributed by atoms with E-state index in [4.69, 9.17) is 21.0 Å². The number of hydrogen-bond donors (Lipinski definition) is 2. The summed E-state index contributed by atoms with van der Waals surface area (Å²) in [6.45, 7) is 0. The Bertz CT molecular complexity index is 1100. The Balaban J connectivity index is 1.42. The summed E-state index contributed by atoms with van der Waals surface area (Å²) in [7, 11) is 0. The van der Waals surface area contributed by atoms with E-state index in [0.29, 0.717) is 30.9 Å². The van der Waals surface area contributed by atoms with Crippen LogP contribution in [0.15, 0.2) is 41.4 Å². The van der Waals surface area contributed by atoms with E-state index in [-0.39, 0.29) is 29.7 Å². The molecule has 1 amide bonds. The molecular formula is C23H22N6O. The molecule has 2 aliphatic carbocycles. The number of nitriles is 1. The van der Waals surface area contributed by atoms with Crippen molar-refractivity contribution in [1.29, 1.82) is 5.26 Å². The van der Waals surface area contributed by atoms with Crippen LogP contribution >= 0.6 is 0 Å². The van der Waals surface area contributed by atoms with Gasteiger partial charge in [0, 0.05) is 25.1 Å². The predicted molar refractivity (Wildman–Crippen MR) is 113 cm³/mol. The van der Waals surface area contributed by atoms with Gasteiger partial charge in [-0.1, -0.05) is 36.4 Å². The lowest BCUT2D eigenvalue weighted by atomic mass is 9.88. The number of hydrogen-bond acceptors (Lipinski definition) is 6. The summed E-state index contributed by atoms with van der Waals surface area (Å²) in [5, 5.41) is 12.3. The quantitative estimate of drug-likeness (QED) is 0.725. The molecule has 30 heavy (non-hydrogen) atoms. The number of rotatable bonds is 6. The molecule has 4 atom stereocenters. The Kier molecular flexibility index (Phi) is 4.55. The van der Waals surface area contributed by atoms with Crippen LogP contribution in [-0.2, 0) is 24.1 Å². The molecule has 0 spiro atoms. The summed E-state index contributed by atoms with van der Waals surface area (Å²) in [4.78, 5) is 26.0. The third-order valence-corrected chi connectivity index (χ3v) is 6.27. The zero-order valence-electron chi connectivity index (χ0n) is 16.5. The van der Waals surface area contributed by atoms with E-state index in [9.17, 15) is 4.79 Å². The van der Waals surface area contributed by atoms with Crippen LogP contribution in [0.1, 0.15) is 29.1 Å². The minimum atomic E-state index is -0.267. The number of aliphatic imine (C=N–C) groups is 1. The van der Waals surface area contributed by atoms with Crippen LogP contribution in [0.2, 0.25) is 0 Å². The number of fused-ring (bicyclic) bond motifs is 3. The largest absolute Gasteiger partial charge is 0.369 e. The van der Waals surface area contributed by atoms with Gasteiger partial charge in [-0.15, -0.1) is 0 Å². The number of nitrogens with zero attached hydrogens (tertiary/aromatic N) is 4. The number of nitrogens with two attached hydrogens (primary N) is 1. The maximum Gasteiger partial charge on any atom is 0.223 e. The van der Waals surface area contributed by atoms with E-state index >= 15 is 0 Å². The summed E-state index contributed by atoms with van der Waals surface area (Å²) in [6.07, 6.45) is 8.75. The molecule has 1 aromatic carbocycles. The molecule has 2 heterocycles. The molecule has 7 nitrogen and oxygen atoms in total. The number of nitrogens with one attached hydrogen (secondary N) is 1. The zero-order chi connectivity index (χ0) is 20.7. The van der Waals surface area contributed by atoms with E-state index in [1.165, 1.54) is 0 Å². The molecule has 4 unspecified atom stereocenters. The van der Waals surface area contributed by atoms with Crippen molar-refractivity contribution in [1.82, 2.24) is 9.97 Å². The molecule has 3 aliphatic rings. The highest BCUT2D eigenvalue weighted by Gasteiger charge is 2.47. The van der Waals surface area contributed by atoms with Gasteiger partial charge >= 0.3 is 0 Å². The fourth-order valence-electron chi connectivity index (χ4n) is 4.85. The number of allylic oxidation sites excluding steroid dienone is 1. The minimum absolute atomic E-state index is 0.0644. The highest BCUT2D eigenvalue weighted by atomic mass is 16.1. The van der Waals surface area contributed by atoms with Crippen molar-refractivity contribution < 1.29 is 4.79 Å². The Morgan fingerprint density at radius 2 is 1.93 bits per heavy atom. The van der Waals surface area contributed by atoms with Gasteiger partial charge in [-0.2, -0.15) is 5.26 Å². The molecular weight excluding hydrogens is 376 g/mol. The van der Waals surface area contributed by atoms with Crippen LogP contribution in [-0.4, -0.2) is 28.1 Å². The van der Waals surface area contributed by atoms with Gasteiger partial charge in [0.25, 0.3) is 0 Å². The van der Waals surface area contributed by atoms with Crippen molar-refractivity contribution in [3.8, 4) is 6.07 Å². The van der Waals surface area contributed by atoms with Crippen LogP contribution in [0.4, 0.5) is 11.5 Å². The SMILES string of the molecule is N#CCc1ccc(Cc2nc3c(c(NC4C5C=CC(C5)C4C(N)=O)n2)N=CC3)cc1. The van der Waals surface area contributed by atoms with Gasteiger partial charge in [0.05, 0.1) is 24.1 Å². The lowest BCUT2D eigenvalue weighted by molar-refractivity contribution is -0.122. The molecule has 3 N–H and O–H groups in total. The van der Waals surface area contributed by atoms with Gasteiger partial charge < -0.3 is 11.1 Å². The minimum Gasteiger partial charge on any atom is -0.369 e. The highest BCUT2D eigenvalue weighted by Crippen LogP contribution is 2.45. The van der Waals surface area contributed by atoms with Crippen LogP contribution in [0, 0.1) is 29.1 Å². The number of anilines is 1. The van der Waals surface area contributed by atoms with Crippen LogP contribution in [0.5, 0.6) is 0 Å². The van der Waals surface area contributed by atoms with Gasteiger partial charge in [0.1, 0.15) is 11.5 Å². The van der Waals surface area contributed by atoms with Crippen molar-refractivity contribution in [2.75, 3.05) is 5.32 Å². The van der Waals surface area contributed by atoms with E-state index in [2.05, 4.69) is 28.5 Å². The Morgan fingerprint density at radius 3 is 2.70 bits per heavy atom. The molecule has 0 saturated heterocycles. The molecule has 1 aromatic heterocycles. The van der Waals surface area contributed by atoms with E-state index in [1.54, 1.807) is 0 Å². The topological polar surface area (TPSA) is 117 Å². The maximum absolute atomic E-state index is 12.1. The number of carbonyl (C=O) groups is 1. The summed E-state index contributed by atoms with van der Waals surface area (Å²) >= 11 is 0. The van der Waals surface area contributed by atoms with Crippen molar-refractivity contribution in [3.63, 3.8) is 0 Å². The Hall–Kier alpha value is -3.53. The van der Waals surface area contributed by atoms with Gasteiger partial charge in [0.15, 0.2) is 5.82 Å². The van der Waals surface area contributed by atoms with Crippen molar-refractivity contribution in [2.45, 2.75) is 31.7 Å². The van der Waals surface area contributed by atoms with Crippen molar-refractivity contribution in [3.05, 3.63) is 59.1 Å². The second-order valence-corrected chi connectivity index (χ2v) is 8.17. The molecule has 2 aromatic rings. The van der Waals surface area contributed by atoms with Gasteiger partial charge in [-0.25, -0.2) is 9.97 Å². The summed E-state index contributed by atoms with van der Waals surface area (Å²) < 4.78 is 0. The fourth-order valence-corrected chi connectivity index (χ4v) is 4.85. The van der Waals surface area contributed by atoms with Crippen LogP contribution < -0.4 is 11.1 Å². The third kappa shape index (κ3) is 3.24. The van der Waals surface area contributed by atoms with Gasteiger partial charge in [0.2, 0.25) is 5.91 Å². The summed E-state index contributed by atoms with van der Waals surface area (Å²) in [5.41, 5.74) is 9.45. The normalized spacial score (nSPS) is 25.3. The summed E-state index contributed by atoms with van der Waals surface area (Å²) in [5.74, 6) is 1.38. The molecule has 1 saturated carbocycles. The molecule has 1 fully saturated rings. The highest BCUT2D eigenvalue weighted by molar-refractivity contribution is 5.82. The first-order chi connectivity index (χ1) is 14.6. The Morgan fingerprint density at radius 1 is 1.17 bits per heavy atom. The average molecular weight is 398 g/mol. The van der Waals surface area contributed by atoms with Crippen molar-refractivity contribution in [2.24, 2.45) is 28.5 Å². The van der Waals surface area contributed by atoms with E-state index in [0.717, 1.165) is 28.9 Å². The molecule has 150 valence electrons. The molecule has 1 aliphatic heterocycles. The summed E-state index contributed by atoms with van der Waals surface area (Å²) in [6, 6.07) is 10.0.